The number of hydrogen-bond donors (Lipinski definition) is 1. The number of halogens is 1. The highest BCUT2D eigenvalue weighted by atomic mass is 35.5. The van der Waals surface area contributed by atoms with Crippen molar-refractivity contribution in [3.8, 4) is 0 Å². The monoisotopic (exact) mass is 453 g/mol. The molecule has 1 N–H and O–H groups in total. The summed E-state index contributed by atoms with van der Waals surface area (Å²) in [6, 6.07) is 19.4. The number of hydrogen-bond acceptors (Lipinski definition) is 4. The topological polar surface area (TPSA) is 78.8 Å². The molecule has 0 saturated heterocycles. The number of sulfonamides is 1. The molecule has 6 nitrogen and oxygen atoms in total. The Labute approximate surface area is 186 Å². The summed E-state index contributed by atoms with van der Waals surface area (Å²) in [6.07, 6.45) is 0. The number of aryl methyl sites for hydroxylation is 2. The lowest BCUT2D eigenvalue weighted by Crippen LogP contribution is -2.38. The van der Waals surface area contributed by atoms with Gasteiger partial charge in [0.15, 0.2) is 0 Å². The van der Waals surface area contributed by atoms with Crippen LogP contribution in [0.1, 0.15) is 22.3 Å². The van der Waals surface area contributed by atoms with Crippen LogP contribution in [0.15, 0.2) is 76.7 Å². The van der Waals surface area contributed by atoms with Crippen LogP contribution in [0.2, 0.25) is 5.02 Å². The Hall–Kier alpha value is -3.16. The van der Waals surface area contributed by atoms with E-state index in [4.69, 9.17) is 11.6 Å². The van der Waals surface area contributed by atoms with Crippen LogP contribution in [-0.4, -0.2) is 31.0 Å². The number of nitrogens with zero attached hydrogens (tertiary/aromatic N) is 2. The van der Waals surface area contributed by atoms with Gasteiger partial charge >= 0.3 is 0 Å². The normalized spacial score (nSPS) is 14.5. The number of amides is 1. The molecule has 0 saturated carbocycles. The van der Waals surface area contributed by atoms with E-state index in [-0.39, 0.29) is 4.90 Å². The summed E-state index contributed by atoms with van der Waals surface area (Å²) in [6.45, 7) is 3.31. The predicted molar refractivity (Wildman–Crippen MR) is 122 cm³/mol. The molecule has 3 aromatic carbocycles. The molecule has 0 spiro atoms. The van der Waals surface area contributed by atoms with Crippen molar-refractivity contribution in [2.24, 2.45) is 5.10 Å². The van der Waals surface area contributed by atoms with Gasteiger partial charge in [0.05, 0.1) is 4.90 Å². The molecule has 0 radical (unpaired) electrons. The average Bonchev–Trinajstić information content (AvgIpc) is 2.73. The molecule has 158 valence electrons. The number of fused-ring (bicyclic) bond motifs is 1. The molecule has 0 unspecified atom stereocenters. The van der Waals surface area contributed by atoms with Crippen LogP contribution in [0.25, 0.3) is 0 Å². The summed E-state index contributed by atoms with van der Waals surface area (Å²) < 4.78 is 27.3. The summed E-state index contributed by atoms with van der Waals surface area (Å²) in [5.41, 5.74) is 4.02. The fourth-order valence-corrected chi connectivity index (χ4v) is 5.04. The number of anilines is 1. The van der Waals surface area contributed by atoms with Crippen molar-refractivity contribution in [3.05, 3.63) is 94.0 Å². The van der Waals surface area contributed by atoms with E-state index in [2.05, 4.69) is 10.4 Å². The minimum Gasteiger partial charge on any atom is -0.324 e. The first-order valence-electron chi connectivity index (χ1n) is 9.60. The third-order valence-corrected chi connectivity index (χ3v) is 6.95. The van der Waals surface area contributed by atoms with Crippen LogP contribution in [0.4, 0.5) is 5.69 Å². The summed E-state index contributed by atoms with van der Waals surface area (Å²) >= 11 is 6.14. The average molecular weight is 454 g/mol. The summed E-state index contributed by atoms with van der Waals surface area (Å²) in [4.78, 5) is 12.8. The van der Waals surface area contributed by atoms with Crippen LogP contribution in [0.5, 0.6) is 0 Å². The maximum Gasteiger partial charge on any atom is 0.280 e. The summed E-state index contributed by atoms with van der Waals surface area (Å²) in [7, 11) is -4.02. The van der Waals surface area contributed by atoms with Crippen LogP contribution >= 0.6 is 11.6 Å². The minimum absolute atomic E-state index is 0.0608. The van der Waals surface area contributed by atoms with Crippen molar-refractivity contribution >= 4 is 38.9 Å². The van der Waals surface area contributed by atoms with Gasteiger partial charge in [0.2, 0.25) is 5.91 Å². The lowest BCUT2D eigenvalue weighted by Gasteiger charge is -2.27. The Morgan fingerprint density at radius 2 is 1.68 bits per heavy atom. The van der Waals surface area contributed by atoms with Crippen molar-refractivity contribution in [1.82, 2.24) is 4.41 Å². The molecule has 8 heteroatoms. The van der Waals surface area contributed by atoms with Crippen LogP contribution in [0, 0.1) is 13.8 Å². The molecular weight excluding hydrogens is 434 g/mol. The van der Waals surface area contributed by atoms with Crippen molar-refractivity contribution in [2.45, 2.75) is 18.7 Å². The number of nitrogens with one attached hydrogen (secondary N) is 1. The van der Waals surface area contributed by atoms with Gasteiger partial charge in [-0.1, -0.05) is 60.1 Å². The number of rotatable bonds is 4. The van der Waals surface area contributed by atoms with Gasteiger partial charge in [-0.3, -0.25) is 4.79 Å². The molecule has 0 aliphatic carbocycles. The van der Waals surface area contributed by atoms with E-state index in [0.29, 0.717) is 22.0 Å². The number of hydrazone groups is 1. The van der Waals surface area contributed by atoms with Crippen LogP contribution in [-0.2, 0) is 14.8 Å². The third kappa shape index (κ3) is 4.06. The van der Waals surface area contributed by atoms with E-state index in [0.717, 1.165) is 21.1 Å². The van der Waals surface area contributed by atoms with Crippen molar-refractivity contribution < 1.29 is 13.2 Å². The van der Waals surface area contributed by atoms with Gasteiger partial charge in [0.25, 0.3) is 10.0 Å². The van der Waals surface area contributed by atoms with Gasteiger partial charge in [0.1, 0.15) is 12.3 Å². The molecule has 3 aromatic rings. The van der Waals surface area contributed by atoms with Gasteiger partial charge in [-0.05, 0) is 43.2 Å². The Morgan fingerprint density at radius 1 is 1.00 bits per heavy atom. The van der Waals surface area contributed by atoms with Gasteiger partial charge < -0.3 is 5.32 Å². The molecule has 1 amide bonds. The zero-order valence-corrected chi connectivity index (χ0v) is 18.5. The van der Waals surface area contributed by atoms with Gasteiger partial charge in [0, 0.05) is 21.8 Å². The largest absolute Gasteiger partial charge is 0.324 e. The van der Waals surface area contributed by atoms with Crippen molar-refractivity contribution in [2.75, 3.05) is 11.9 Å². The highest BCUT2D eigenvalue weighted by Gasteiger charge is 2.34. The molecule has 0 fully saturated rings. The Bertz CT molecular complexity index is 1280. The second-order valence-corrected chi connectivity index (χ2v) is 9.50. The van der Waals surface area contributed by atoms with Gasteiger partial charge in [-0.25, -0.2) is 0 Å². The van der Waals surface area contributed by atoms with Crippen LogP contribution < -0.4 is 5.32 Å². The van der Waals surface area contributed by atoms with E-state index >= 15 is 0 Å². The van der Waals surface area contributed by atoms with E-state index in [9.17, 15) is 13.2 Å². The second-order valence-electron chi connectivity index (χ2n) is 7.26. The van der Waals surface area contributed by atoms with E-state index in [1.165, 1.54) is 12.1 Å². The highest BCUT2D eigenvalue weighted by molar-refractivity contribution is 7.89. The minimum atomic E-state index is -4.02. The number of benzene rings is 3. The first-order valence-corrected chi connectivity index (χ1v) is 11.4. The van der Waals surface area contributed by atoms with Gasteiger partial charge in [-0.15, -0.1) is 0 Å². The van der Waals surface area contributed by atoms with E-state index in [1.54, 1.807) is 6.07 Å². The lowest BCUT2D eigenvalue weighted by molar-refractivity contribution is -0.116. The summed E-state index contributed by atoms with van der Waals surface area (Å²) in [5.74, 6) is -0.477. The first kappa shape index (κ1) is 21.1. The fourth-order valence-electron chi connectivity index (χ4n) is 3.49. The molecule has 0 aromatic heterocycles. The molecule has 0 atom stereocenters. The molecule has 31 heavy (non-hydrogen) atoms. The maximum absolute atomic E-state index is 13.2. The smallest absolute Gasteiger partial charge is 0.280 e. The third-order valence-electron chi connectivity index (χ3n) is 5.04. The SMILES string of the molecule is Cc1cccc(C)c1NC(=O)CN1N=C(c2ccccc2)c2cc(Cl)ccc2S1(=O)=O. The predicted octanol–water partition coefficient (Wildman–Crippen LogP) is 4.35. The zero-order chi connectivity index (χ0) is 22.2. The van der Waals surface area contributed by atoms with E-state index < -0.39 is 22.5 Å². The molecule has 0 bridgehead atoms. The van der Waals surface area contributed by atoms with Crippen LogP contribution in [0.3, 0.4) is 0 Å². The maximum atomic E-state index is 13.2. The van der Waals surface area contributed by atoms with Crippen molar-refractivity contribution in [3.63, 3.8) is 0 Å². The molecule has 1 aliphatic heterocycles. The molecule has 1 aliphatic rings. The Kier molecular flexibility index (Phi) is 5.56. The summed E-state index contributed by atoms with van der Waals surface area (Å²) in [5, 5.41) is 7.57. The Morgan fingerprint density at radius 3 is 2.35 bits per heavy atom. The number of para-hydroxylation sites is 1. The fraction of sp³-hybridized carbons (Fsp3) is 0.130. The number of carbonyl (C=O) groups is 1. The number of carbonyl (C=O) groups excluding carboxylic acids is 1. The standard InChI is InChI=1S/C23H20ClN3O3S/c1-15-7-6-8-16(2)22(15)25-21(28)14-27-26-23(17-9-4-3-5-10-17)19-13-18(24)11-12-20(19)31(27,29)30/h3-13H,14H2,1-2H3,(H,25,28). The first-order chi connectivity index (χ1) is 14.8. The van der Waals surface area contributed by atoms with Gasteiger partial charge in [-0.2, -0.15) is 17.9 Å². The van der Waals surface area contributed by atoms with Crippen molar-refractivity contribution in [1.29, 1.82) is 0 Å². The quantitative estimate of drug-likeness (QED) is 0.637. The van der Waals surface area contributed by atoms with E-state index in [1.807, 2.05) is 62.4 Å². The lowest BCUT2D eigenvalue weighted by atomic mass is 10.0. The molecule has 1 heterocycles. The highest BCUT2D eigenvalue weighted by Crippen LogP contribution is 2.31. The molecule has 4 rings (SSSR count). The zero-order valence-electron chi connectivity index (χ0n) is 17.0. The second kappa shape index (κ2) is 8.17. The molecular formula is C23H20ClN3O3S. The Balaban J connectivity index is 1.73.